The second-order valence-electron chi connectivity index (χ2n) is 6.25. The molecule has 0 aliphatic heterocycles. The first-order chi connectivity index (χ1) is 10.2. The van der Waals surface area contributed by atoms with Crippen LogP contribution in [0.3, 0.4) is 0 Å². The van der Waals surface area contributed by atoms with Crippen molar-refractivity contribution in [2.75, 3.05) is 6.54 Å². The van der Waals surface area contributed by atoms with Gasteiger partial charge in [0.2, 0.25) is 0 Å². The molecule has 3 rings (SSSR count). The first kappa shape index (κ1) is 14.3. The average Bonchev–Trinajstić information content (AvgIpc) is 3.20. The van der Waals surface area contributed by atoms with Crippen molar-refractivity contribution in [2.45, 2.75) is 38.6 Å². The lowest BCUT2D eigenvalue weighted by atomic mass is 9.95. The topological polar surface area (TPSA) is 42.7 Å². The summed E-state index contributed by atoms with van der Waals surface area (Å²) in [5.41, 5.74) is 2.75. The number of aromatic nitrogens is 3. The zero-order valence-corrected chi connectivity index (χ0v) is 12.9. The molecule has 0 bridgehead atoms. The molecule has 112 valence electrons. The summed E-state index contributed by atoms with van der Waals surface area (Å²) in [4.78, 5) is 4.38. The van der Waals surface area contributed by atoms with Crippen LogP contribution in [0.4, 0.5) is 0 Å². The molecule has 0 saturated heterocycles. The van der Waals surface area contributed by atoms with E-state index in [1.54, 1.807) is 6.33 Å². The Morgan fingerprint density at radius 1 is 1.33 bits per heavy atom. The Kier molecular flexibility index (Phi) is 4.34. The number of hydrogen-bond donors (Lipinski definition) is 1. The summed E-state index contributed by atoms with van der Waals surface area (Å²) in [6.45, 7) is 3.22. The van der Waals surface area contributed by atoms with Gasteiger partial charge in [-0.3, -0.25) is 4.68 Å². The Hall–Kier alpha value is -1.68. The van der Waals surface area contributed by atoms with Crippen LogP contribution in [-0.4, -0.2) is 27.4 Å². The molecule has 4 nitrogen and oxygen atoms in total. The lowest BCUT2D eigenvalue weighted by Crippen LogP contribution is -2.28. The molecule has 0 radical (unpaired) electrons. The van der Waals surface area contributed by atoms with E-state index >= 15 is 0 Å². The summed E-state index contributed by atoms with van der Waals surface area (Å²) in [7, 11) is 1.97. The first-order valence-corrected chi connectivity index (χ1v) is 7.82. The lowest BCUT2D eigenvalue weighted by molar-refractivity contribution is 0.451. The van der Waals surface area contributed by atoms with Gasteiger partial charge in [-0.2, -0.15) is 5.10 Å². The van der Waals surface area contributed by atoms with Crippen LogP contribution >= 0.6 is 0 Å². The molecule has 2 aromatic rings. The van der Waals surface area contributed by atoms with Gasteiger partial charge in [0.15, 0.2) is 0 Å². The molecule has 1 unspecified atom stereocenters. The summed E-state index contributed by atoms with van der Waals surface area (Å²) in [5, 5.41) is 7.85. The smallest absolute Gasteiger partial charge is 0.138 e. The lowest BCUT2D eigenvalue weighted by Gasteiger charge is -2.17. The Morgan fingerprint density at radius 3 is 2.86 bits per heavy atom. The molecule has 1 N–H and O–H groups in total. The van der Waals surface area contributed by atoms with Crippen molar-refractivity contribution in [1.29, 1.82) is 0 Å². The van der Waals surface area contributed by atoms with Crippen LogP contribution < -0.4 is 5.32 Å². The van der Waals surface area contributed by atoms with Crippen LogP contribution in [-0.2, 0) is 19.9 Å². The fourth-order valence-corrected chi connectivity index (χ4v) is 2.77. The maximum atomic E-state index is 4.38. The number of nitrogens with one attached hydrogen (secondary N) is 1. The quantitative estimate of drug-likeness (QED) is 0.848. The molecule has 1 fully saturated rings. The number of rotatable bonds is 7. The van der Waals surface area contributed by atoms with Crippen LogP contribution in [0.1, 0.15) is 29.8 Å². The third-order valence-corrected chi connectivity index (χ3v) is 4.16. The molecule has 1 aromatic carbocycles. The van der Waals surface area contributed by atoms with Crippen molar-refractivity contribution < 1.29 is 0 Å². The standard InChI is InChI=1S/C17H24N4/c1-13-4-3-5-14(8-13)9-15(11-18-16-6-7-16)10-17-19-12-20-21(17)2/h3-5,8,12,15-16,18H,6-7,9-11H2,1-2H3. The van der Waals surface area contributed by atoms with E-state index in [4.69, 9.17) is 0 Å². The minimum absolute atomic E-state index is 0.565. The minimum atomic E-state index is 0.565. The van der Waals surface area contributed by atoms with Gasteiger partial charge in [-0.1, -0.05) is 29.8 Å². The van der Waals surface area contributed by atoms with E-state index in [-0.39, 0.29) is 0 Å². The molecule has 1 atom stereocenters. The van der Waals surface area contributed by atoms with Crippen LogP contribution in [0.25, 0.3) is 0 Å². The molecule has 0 spiro atoms. The zero-order chi connectivity index (χ0) is 14.7. The van der Waals surface area contributed by atoms with Gasteiger partial charge in [0.25, 0.3) is 0 Å². The monoisotopic (exact) mass is 284 g/mol. The SMILES string of the molecule is Cc1cccc(CC(CNC2CC2)Cc2ncnn2C)c1. The van der Waals surface area contributed by atoms with Crippen molar-refractivity contribution in [3.8, 4) is 0 Å². The van der Waals surface area contributed by atoms with Crippen molar-refractivity contribution in [3.05, 3.63) is 47.5 Å². The normalized spacial score (nSPS) is 16.1. The molecule has 4 heteroatoms. The second-order valence-corrected chi connectivity index (χ2v) is 6.25. The second kappa shape index (κ2) is 6.39. The molecule has 1 heterocycles. The van der Waals surface area contributed by atoms with Crippen LogP contribution in [0, 0.1) is 12.8 Å². The van der Waals surface area contributed by atoms with Crippen molar-refractivity contribution in [3.63, 3.8) is 0 Å². The van der Waals surface area contributed by atoms with E-state index in [9.17, 15) is 0 Å². The van der Waals surface area contributed by atoms with Gasteiger partial charge in [0, 0.05) is 19.5 Å². The predicted molar refractivity (Wildman–Crippen MR) is 84.1 cm³/mol. The molecule has 0 amide bonds. The van der Waals surface area contributed by atoms with Gasteiger partial charge >= 0.3 is 0 Å². The van der Waals surface area contributed by atoms with Gasteiger partial charge in [0.05, 0.1) is 0 Å². The van der Waals surface area contributed by atoms with Crippen molar-refractivity contribution in [1.82, 2.24) is 20.1 Å². The molecular formula is C17H24N4. The Morgan fingerprint density at radius 2 is 2.19 bits per heavy atom. The predicted octanol–water partition coefficient (Wildman–Crippen LogP) is 2.28. The van der Waals surface area contributed by atoms with Crippen LogP contribution in [0.5, 0.6) is 0 Å². The van der Waals surface area contributed by atoms with E-state index in [2.05, 4.69) is 46.6 Å². The number of aryl methyl sites for hydroxylation is 2. The van der Waals surface area contributed by atoms with Crippen LogP contribution in [0.2, 0.25) is 0 Å². The third-order valence-electron chi connectivity index (χ3n) is 4.16. The van der Waals surface area contributed by atoms with E-state index < -0.39 is 0 Å². The molecule has 1 aliphatic rings. The van der Waals surface area contributed by atoms with Crippen molar-refractivity contribution in [2.24, 2.45) is 13.0 Å². The zero-order valence-electron chi connectivity index (χ0n) is 12.9. The maximum Gasteiger partial charge on any atom is 0.138 e. The maximum absolute atomic E-state index is 4.38. The highest BCUT2D eigenvalue weighted by Crippen LogP contribution is 2.20. The highest BCUT2D eigenvalue weighted by molar-refractivity contribution is 5.22. The summed E-state index contributed by atoms with van der Waals surface area (Å²) < 4.78 is 1.89. The number of hydrogen-bond acceptors (Lipinski definition) is 3. The summed E-state index contributed by atoms with van der Waals surface area (Å²) in [5.74, 6) is 1.64. The Labute approximate surface area is 126 Å². The van der Waals surface area contributed by atoms with E-state index in [1.807, 2.05) is 11.7 Å². The number of nitrogens with zero attached hydrogens (tertiary/aromatic N) is 3. The fraction of sp³-hybridized carbons (Fsp3) is 0.529. The summed E-state index contributed by atoms with van der Waals surface area (Å²) >= 11 is 0. The highest BCUT2D eigenvalue weighted by atomic mass is 15.3. The largest absolute Gasteiger partial charge is 0.314 e. The average molecular weight is 284 g/mol. The molecule has 1 saturated carbocycles. The summed E-state index contributed by atoms with van der Waals surface area (Å²) in [6, 6.07) is 9.58. The fourth-order valence-electron chi connectivity index (χ4n) is 2.77. The van der Waals surface area contributed by atoms with E-state index in [0.717, 1.165) is 31.3 Å². The van der Waals surface area contributed by atoms with E-state index in [1.165, 1.54) is 24.0 Å². The highest BCUT2D eigenvalue weighted by Gasteiger charge is 2.22. The van der Waals surface area contributed by atoms with Gasteiger partial charge in [-0.05, 0) is 44.2 Å². The molecule has 21 heavy (non-hydrogen) atoms. The van der Waals surface area contributed by atoms with Gasteiger partial charge in [-0.15, -0.1) is 0 Å². The van der Waals surface area contributed by atoms with Gasteiger partial charge in [-0.25, -0.2) is 4.98 Å². The van der Waals surface area contributed by atoms with E-state index in [0.29, 0.717) is 5.92 Å². The molecule has 1 aliphatic carbocycles. The van der Waals surface area contributed by atoms with Gasteiger partial charge < -0.3 is 5.32 Å². The summed E-state index contributed by atoms with van der Waals surface area (Å²) in [6.07, 6.45) is 6.38. The Balaban J connectivity index is 1.67. The molecule has 1 aromatic heterocycles. The van der Waals surface area contributed by atoms with Crippen LogP contribution in [0.15, 0.2) is 30.6 Å². The van der Waals surface area contributed by atoms with Gasteiger partial charge in [0.1, 0.15) is 12.2 Å². The first-order valence-electron chi connectivity index (χ1n) is 7.82. The number of benzene rings is 1. The van der Waals surface area contributed by atoms with Crippen molar-refractivity contribution >= 4 is 0 Å². The minimum Gasteiger partial charge on any atom is -0.314 e. The Bertz CT molecular complexity index is 586. The third kappa shape index (κ3) is 4.14. The molecular weight excluding hydrogens is 260 g/mol.